The molecule has 0 saturated heterocycles. The minimum atomic E-state index is -0.577. The predicted molar refractivity (Wildman–Crippen MR) is 183 cm³/mol. The smallest absolute Gasteiger partial charge is 0.407 e. The molecule has 0 aliphatic heterocycles. The Labute approximate surface area is 276 Å². The van der Waals surface area contributed by atoms with Gasteiger partial charge in [0.25, 0.3) is 5.91 Å². The third-order valence-electron chi connectivity index (χ3n) is 6.83. The molecule has 0 saturated carbocycles. The monoisotopic (exact) mass is 643 g/mol. The molecule has 0 radical (unpaired) electrons. The molecule has 0 spiro atoms. The first-order valence-electron chi connectivity index (χ1n) is 15.3. The van der Waals surface area contributed by atoms with E-state index in [1.165, 1.54) is 6.33 Å². The Morgan fingerprint density at radius 2 is 1.64 bits per heavy atom. The summed E-state index contributed by atoms with van der Waals surface area (Å²) in [4.78, 5) is 50.2. The van der Waals surface area contributed by atoms with Gasteiger partial charge in [0.2, 0.25) is 5.91 Å². The highest BCUT2D eigenvalue weighted by molar-refractivity contribution is 6.04. The van der Waals surface area contributed by atoms with Crippen LogP contribution in [0.25, 0.3) is 0 Å². The molecule has 1 heterocycles. The van der Waals surface area contributed by atoms with Crippen molar-refractivity contribution in [3.8, 4) is 5.75 Å². The molecule has 0 aliphatic carbocycles. The molecule has 2 aromatic carbocycles. The number of nitrogens with zero attached hydrogens (tertiary/aromatic N) is 4. The van der Waals surface area contributed by atoms with Crippen LogP contribution in [0.5, 0.6) is 5.75 Å². The number of benzene rings is 2. The molecule has 3 amide bonds. The van der Waals surface area contributed by atoms with Gasteiger partial charge in [0.15, 0.2) is 0 Å². The molecule has 0 atom stereocenters. The second-order valence-corrected chi connectivity index (χ2v) is 11.7. The summed E-state index contributed by atoms with van der Waals surface area (Å²) >= 11 is 0. The molecule has 1 aromatic heterocycles. The molecule has 3 rings (SSSR count). The summed E-state index contributed by atoms with van der Waals surface area (Å²) in [6.45, 7) is 17.0. The van der Waals surface area contributed by atoms with Gasteiger partial charge in [-0.25, -0.2) is 14.8 Å². The summed E-state index contributed by atoms with van der Waals surface area (Å²) in [5, 5.41) is 8.46. The third-order valence-corrected chi connectivity index (χ3v) is 6.83. The Hall–Kier alpha value is -5.39. The average molecular weight is 644 g/mol. The summed E-state index contributed by atoms with van der Waals surface area (Å²) in [5.41, 5.74) is 2.17. The van der Waals surface area contributed by atoms with Gasteiger partial charge in [-0.15, -0.1) is 0 Å². The molecule has 0 unspecified atom stereocenters. The molecule has 12 heteroatoms. The van der Waals surface area contributed by atoms with Crippen LogP contribution in [-0.4, -0.2) is 71.7 Å². The number of rotatable bonds is 16. The van der Waals surface area contributed by atoms with Gasteiger partial charge < -0.3 is 35.2 Å². The van der Waals surface area contributed by atoms with E-state index >= 15 is 0 Å². The zero-order chi connectivity index (χ0) is 34.4. The second-order valence-electron chi connectivity index (χ2n) is 11.7. The quantitative estimate of drug-likeness (QED) is 0.183. The lowest BCUT2D eigenvalue weighted by atomic mass is 10.2. The first-order valence-corrected chi connectivity index (χ1v) is 15.3. The van der Waals surface area contributed by atoms with E-state index in [1.54, 1.807) is 63.2 Å². The van der Waals surface area contributed by atoms with E-state index in [-0.39, 0.29) is 24.9 Å². The topological polar surface area (TPSA) is 138 Å². The number of nitrogens with one attached hydrogen (secondary N) is 3. The van der Waals surface area contributed by atoms with Gasteiger partial charge in [0.1, 0.15) is 29.3 Å². The van der Waals surface area contributed by atoms with E-state index in [2.05, 4.69) is 39.1 Å². The normalized spacial score (nSPS) is 10.7. The summed E-state index contributed by atoms with van der Waals surface area (Å²) in [6.07, 6.45) is 3.04. The number of hydrogen-bond acceptors (Lipinski definition) is 9. The van der Waals surface area contributed by atoms with Crippen LogP contribution in [0, 0.1) is 6.92 Å². The van der Waals surface area contributed by atoms with E-state index in [9.17, 15) is 14.4 Å². The van der Waals surface area contributed by atoms with Gasteiger partial charge in [-0.05, 0) is 70.1 Å². The number of aromatic nitrogens is 2. The van der Waals surface area contributed by atoms with Crippen LogP contribution in [0.1, 0.15) is 48.7 Å². The molecule has 3 aromatic rings. The summed E-state index contributed by atoms with van der Waals surface area (Å²) in [6, 6.07) is 16.5. The Kier molecular flexibility index (Phi) is 13.3. The van der Waals surface area contributed by atoms with Gasteiger partial charge in [-0.3, -0.25) is 9.59 Å². The van der Waals surface area contributed by atoms with Crippen LogP contribution in [-0.2, 0) is 16.1 Å². The average Bonchev–Trinajstić information content (AvgIpc) is 3.03. The summed E-state index contributed by atoms with van der Waals surface area (Å²) in [5.74, 6) is 1.02. The van der Waals surface area contributed by atoms with Crippen LogP contribution in [0.15, 0.2) is 86.0 Å². The third kappa shape index (κ3) is 11.8. The van der Waals surface area contributed by atoms with Crippen molar-refractivity contribution in [1.29, 1.82) is 0 Å². The Balaban J connectivity index is 1.66. The molecular formula is C35H45N7O5. The maximum Gasteiger partial charge on any atom is 0.407 e. The number of hydrogen-bond donors (Lipinski definition) is 3. The second kappa shape index (κ2) is 17.3. The van der Waals surface area contributed by atoms with Gasteiger partial charge in [0.05, 0.1) is 20.2 Å². The maximum absolute atomic E-state index is 13.0. The lowest BCUT2D eigenvalue weighted by molar-refractivity contribution is -0.121. The molecule has 0 fully saturated rings. The van der Waals surface area contributed by atoms with Crippen LogP contribution < -0.4 is 25.6 Å². The Morgan fingerprint density at radius 1 is 0.957 bits per heavy atom. The fourth-order valence-electron chi connectivity index (χ4n) is 4.43. The standard InChI is InChI=1S/C35H45N7O5/c1-8-41(32-26(3)31(38-24-39-32)40-33(44)28-15-17-29(46-7)18-16-28)21-25(2)42(22-27-13-10-9-11-14-27)23-30(43)36-19-12-20-37-34(45)47-35(4,5)6/h8-11,13-18,24H,1-2,12,19-23H2,3-7H3,(H,36,43)(H,37,45)(H,38,39,40,44). The van der Waals surface area contributed by atoms with Crippen molar-refractivity contribution < 1.29 is 23.9 Å². The Morgan fingerprint density at radius 3 is 2.28 bits per heavy atom. The maximum atomic E-state index is 13.0. The first-order chi connectivity index (χ1) is 22.4. The Bertz CT molecular complexity index is 1520. The minimum Gasteiger partial charge on any atom is -0.497 e. The molecule has 3 N–H and O–H groups in total. The molecule has 0 aliphatic rings. The molecule has 47 heavy (non-hydrogen) atoms. The summed E-state index contributed by atoms with van der Waals surface area (Å²) in [7, 11) is 1.56. The molecule has 250 valence electrons. The molecule has 0 bridgehead atoms. The fraction of sp³-hybridized carbons (Fsp3) is 0.343. The van der Waals surface area contributed by atoms with Crippen LogP contribution in [0.2, 0.25) is 0 Å². The first kappa shape index (κ1) is 36.1. The van der Waals surface area contributed by atoms with Gasteiger partial charge in [0, 0.05) is 36.5 Å². The van der Waals surface area contributed by atoms with Crippen LogP contribution >= 0.6 is 0 Å². The van der Waals surface area contributed by atoms with Crippen molar-refractivity contribution in [3.63, 3.8) is 0 Å². The van der Waals surface area contributed by atoms with Crippen molar-refractivity contribution in [3.05, 3.63) is 103 Å². The van der Waals surface area contributed by atoms with Crippen molar-refractivity contribution >= 4 is 29.5 Å². The predicted octanol–water partition coefficient (Wildman–Crippen LogP) is 5.04. The number of amides is 3. The highest BCUT2D eigenvalue weighted by atomic mass is 16.6. The zero-order valence-electron chi connectivity index (χ0n) is 27.8. The van der Waals surface area contributed by atoms with E-state index in [4.69, 9.17) is 9.47 Å². The van der Waals surface area contributed by atoms with Gasteiger partial charge >= 0.3 is 6.09 Å². The zero-order valence-corrected chi connectivity index (χ0v) is 27.8. The highest BCUT2D eigenvalue weighted by Gasteiger charge is 2.20. The van der Waals surface area contributed by atoms with Crippen molar-refractivity contribution in [2.45, 2.75) is 46.3 Å². The van der Waals surface area contributed by atoms with E-state index in [0.717, 1.165) is 5.56 Å². The lowest BCUT2D eigenvalue weighted by Crippen LogP contribution is -2.40. The number of carbonyl (C=O) groups is 3. The SMILES string of the molecule is C=CN(CC(=C)N(CC(=O)NCCCNC(=O)OC(C)(C)C)Cc1ccccc1)c1ncnc(NC(=O)c2ccc(OC)cc2)c1C. The van der Waals surface area contributed by atoms with Crippen molar-refractivity contribution in [1.82, 2.24) is 25.5 Å². The van der Waals surface area contributed by atoms with Crippen molar-refractivity contribution in [2.24, 2.45) is 0 Å². The van der Waals surface area contributed by atoms with E-state index < -0.39 is 11.7 Å². The number of carbonyl (C=O) groups excluding carboxylic acids is 3. The lowest BCUT2D eigenvalue weighted by Gasteiger charge is -2.30. The minimum absolute atomic E-state index is 0.0597. The van der Waals surface area contributed by atoms with E-state index in [0.29, 0.717) is 60.3 Å². The molecule has 12 nitrogen and oxygen atoms in total. The van der Waals surface area contributed by atoms with Crippen LogP contribution in [0.4, 0.5) is 16.4 Å². The number of anilines is 2. The summed E-state index contributed by atoms with van der Waals surface area (Å²) < 4.78 is 10.4. The number of alkyl carbamates (subject to hydrolysis) is 1. The van der Waals surface area contributed by atoms with Gasteiger partial charge in [-0.2, -0.15) is 0 Å². The molecular weight excluding hydrogens is 598 g/mol. The van der Waals surface area contributed by atoms with E-state index in [1.807, 2.05) is 42.2 Å². The van der Waals surface area contributed by atoms with Crippen LogP contribution in [0.3, 0.4) is 0 Å². The van der Waals surface area contributed by atoms with Gasteiger partial charge in [-0.1, -0.05) is 43.5 Å². The number of ether oxygens (including phenoxy) is 2. The largest absolute Gasteiger partial charge is 0.497 e. The van der Waals surface area contributed by atoms with Crippen molar-refractivity contribution in [2.75, 3.05) is 43.5 Å². The number of methoxy groups -OCH3 is 1. The highest BCUT2D eigenvalue weighted by Crippen LogP contribution is 2.25. The fourth-order valence-corrected chi connectivity index (χ4v) is 4.43.